The molecule has 0 saturated heterocycles. The monoisotopic (exact) mass is 634 g/mol. The van der Waals surface area contributed by atoms with Gasteiger partial charge in [-0.1, -0.05) is 42.8 Å². The number of amides is 2. The van der Waals surface area contributed by atoms with Crippen LogP contribution in [0.2, 0.25) is 0 Å². The minimum absolute atomic E-state index is 0.0939. The first-order valence-corrected chi connectivity index (χ1v) is 16.5. The van der Waals surface area contributed by atoms with Crippen molar-refractivity contribution < 1.29 is 34.5 Å². The van der Waals surface area contributed by atoms with Gasteiger partial charge in [-0.15, -0.1) is 0 Å². The number of carboxylic acids is 1. The summed E-state index contributed by atoms with van der Waals surface area (Å²) in [5.74, 6) is -1.41. The van der Waals surface area contributed by atoms with Crippen molar-refractivity contribution in [2.75, 3.05) is 13.2 Å². The van der Waals surface area contributed by atoms with Crippen LogP contribution in [0.5, 0.6) is 0 Å². The van der Waals surface area contributed by atoms with Crippen LogP contribution in [0.3, 0.4) is 0 Å². The van der Waals surface area contributed by atoms with Gasteiger partial charge in [0.05, 0.1) is 24.0 Å². The summed E-state index contributed by atoms with van der Waals surface area (Å²) in [6.07, 6.45) is 9.19. The van der Waals surface area contributed by atoms with E-state index in [9.17, 15) is 29.7 Å². The fourth-order valence-corrected chi connectivity index (χ4v) is 9.36. The summed E-state index contributed by atoms with van der Waals surface area (Å²) in [5, 5.41) is 42.4. The van der Waals surface area contributed by atoms with Gasteiger partial charge >= 0.3 is 5.97 Å². The number of aromatic nitrogens is 1. The number of carboxylic acid groups (broad SMARTS) is 1. The summed E-state index contributed by atoms with van der Waals surface area (Å²) in [5.41, 5.74) is 2.49. The molecule has 1 aromatic heterocycles. The molecule has 0 bridgehead atoms. The molecule has 0 unspecified atom stereocenters. The van der Waals surface area contributed by atoms with Gasteiger partial charge in [-0.25, -0.2) is 4.79 Å². The Morgan fingerprint density at radius 2 is 1.89 bits per heavy atom. The molecular weight excluding hydrogens is 588 g/mol. The van der Waals surface area contributed by atoms with Gasteiger partial charge in [-0.2, -0.15) is 0 Å². The predicted octanol–water partition coefficient (Wildman–Crippen LogP) is 3.45. The van der Waals surface area contributed by atoms with Crippen LogP contribution in [0, 0.1) is 28.6 Å². The molecular formula is C35H46N4O7. The third-order valence-electron chi connectivity index (χ3n) is 12.0. The van der Waals surface area contributed by atoms with Crippen LogP contribution >= 0.6 is 0 Å². The summed E-state index contributed by atoms with van der Waals surface area (Å²) in [7, 11) is 0. The number of aliphatic hydroxyl groups is 2. The number of oxime groups is 1. The van der Waals surface area contributed by atoms with E-state index in [0.717, 1.165) is 54.3 Å². The number of hydrogen-bond acceptors (Lipinski definition) is 7. The molecule has 46 heavy (non-hydrogen) atoms. The van der Waals surface area contributed by atoms with E-state index in [2.05, 4.69) is 40.7 Å². The molecule has 0 radical (unpaired) electrons. The Morgan fingerprint density at radius 3 is 2.67 bits per heavy atom. The van der Waals surface area contributed by atoms with Crippen LogP contribution in [-0.2, 0) is 25.6 Å². The molecule has 6 rings (SSSR count). The number of benzene rings is 1. The second-order valence-electron chi connectivity index (χ2n) is 14.6. The van der Waals surface area contributed by atoms with Crippen LogP contribution in [0.4, 0.5) is 0 Å². The average Bonchev–Trinajstić information content (AvgIpc) is 3.52. The van der Waals surface area contributed by atoms with E-state index in [-0.39, 0.29) is 36.3 Å². The molecule has 11 nitrogen and oxygen atoms in total. The first-order valence-electron chi connectivity index (χ1n) is 16.5. The van der Waals surface area contributed by atoms with E-state index in [1.165, 1.54) is 5.57 Å². The van der Waals surface area contributed by atoms with Gasteiger partial charge in [0.15, 0.2) is 6.61 Å². The number of hydrogen-bond donors (Lipinski definition) is 6. The van der Waals surface area contributed by atoms with Crippen LogP contribution < -0.4 is 10.6 Å². The first-order chi connectivity index (χ1) is 21.8. The lowest BCUT2D eigenvalue weighted by Gasteiger charge is -2.60. The Labute approximate surface area is 268 Å². The third kappa shape index (κ3) is 5.72. The van der Waals surface area contributed by atoms with Crippen LogP contribution in [0.1, 0.15) is 71.3 Å². The van der Waals surface area contributed by atoms with Crippen molar-refractivity contribution in [3.8, 4) is 0 Å². The lowest BCUT2D eigenvalue weighted by atomic mass is 9.45. The van der Waals surface area contributed by atoms with Crippen molar-refractivity contribution in [1.29, 1.82) is 0 Å². The molecule has 2 aromatic rings. The Hall–Kier alpha value is -3.70. The van der Waals surface area contributed by atoms with Gasteiger partial charge in [0.2, 0.25) is 5.91 Å². The molecule has 2 amide bonds. The fraction of sp³-hybridized carbons (Fsp3) is 0.600. The number of allylic oxidation sites excluding steroid dienone is 2. The predicted molar refractivity (Wildman–Crippen MR) is 172 cm³/mol. The highest BCUT2D eigenvalue weighted by Crippen LogP contribution is 2.67. The molecule has 0 aliphatic heterocycles. The Balaban J connectivity index is 0.998. The maximum Gasteiger partial charge on any atom is 0.326 e. The van der Waals surface area contributed by atoms with Gasteiger partial charge in [0.1, 0.15) is 6.04 Å². The molecule has 0 spiro atoms. The highest BCUT2D eigenvalue weighted by molar-refractivity contribution is 5.96. The second kappa shape index (κ2) is 12.2. The van der Waals surface area contributed by atoms with E-state index >= 15 is 0 Å². The number of H-pyrrole nitrogens is 1. The summed E-state index contributed by atoms with van der Waals surface area (Å²) >= 11 is 0. The molecule has 1 aromatic carbocycles. The standard InChI is InChI=1S/C35H46N4O7/c1-33-12-10-22(15-21(33)8-9-24-25-11-13-35(3,45)34(25,2)16-28(40)31(24)33)39-46-19-30(42)37-18-29(41)38-27(32(43)44)14-20-17-36-26-7-5-4-6-23(20)26/h4-7,15,17,24-25,27-28,31,36,40,45H,8-14,16,18-19H2,1-3H3,(H,37,42)(H,38,41)(H,43,44)/b39-22-/t24-,25-,27+,28-,31+,33-,34-,35-/m0/s1. The summed E-state index contributed by atoms with van der Waals surface area (Å²) in [4.78, 5) is 45.1. The molecule has 6 N–H and O–H groups in total. The van der Waals surface area contributed by atoms with Crippen molar-refractivity contribution in [3.05, 3.63) is 47.7 Å². The summed E-state index contributed by atoms with van der Waals surface area (Å²) < 4.78 is 0. The van der Waals surface area contributed by atoms with E-state index < -0.39 is 35.5 Å². The van der Waals surface area contributed by atoms with Crippen molar-refractivity contribution in [2.45, 2.75) is 89.9 Å². The minimum Gasteiger partial charge on any atom is -0.480 e. The minimum atomic E-state index is -1.17. The van der Waals surface area contributed by atoms with Crippen molar-refractivity contribution in [2.24, 2.45) is 33.7 Å². The maximum absolute atomic E-state index is 12.5. The van der Waals surface area contributed by atoms with E-state index in [1.54, 1.807) is 6.20 Å². The van der Waals surface area contributed by atoms with E-state index in [4.69, 9.17) is 4.84 Å². The van der Waals surface area contributed by atoms with Crippen LogP contribution in [0.15, 0.2) is 47.3 Å². The number of carbonyl (C=O) groups is 3. The topological polar surface area (TPSA) is 173 Å². The van der Waals surface area contributed by atoms with Crippen LogP contribution in [-0.4, -0.2) is 74.7 Å². The van der Waals surface area contributed by atoms with Gasteiger partial charge < -0.3 is 35.8 Å². The van der Waals surface area contributed by atoms with Crippen LogP contribution in [0.25, 0.3) is 10.9 Å². The maximum atomic E-state index is 12.5. The number of fused-ring (bicyclic) bond motifs is 6. The fourth-order valence-electron chi connectivity index (χ4n) is 9.36. The number of carbonyl (C=O) groups excluding carboxylic acids is 2. The number of nitrogens with one attached hydrogen (secondary N) is 3. The van der Waals surface area contributed by atoms with Gasteiger partial charge in [0.25, 0.3) is 5.91 Å². The van der Waals surface area contributed by atoms with Gasteiger partial charge in [-0.05, 0) is 92.7 Å². The summed E-state index contributed by atoms with van der Waals surface area (Å²) in [6.45, 7) is 5.61. The highest BCUT2D eigenvalue weighted by Gasteiger charge is 2.64. The van der Waals surface area contributed by atoms with Crippen molar-refractivity contribution in [3.63, 3.8) is 0 Å². The van der Waals surface area contributed by atoms with Gasteiger partial charge in [-0.3, -0.25) is 9.59 Å². The molecule has 4 aliphatic rings. The number of aromatic amines is 1. The molecule has 8 atom stereocenters. The SMILES string of the molecule is C[C@]12CC/C(=N/OCC(=O)NCC(=O)N[C@H](Cc3c[nH]c4ccccc34)C(=O)O)C=C1CC[C@@H]1[C@@H]2[C@@H](O)C[C@@]2(C)[C@H]1CC[C@]2(C)O. The smallest absolute Gasteiger partial charge is 0.326 e. The molecule has 3 saturated carbocycles. The van der Waals surface area contributed by atoms with Crippen molar-refractivity contribution >= 4 is 34.4 Å². The number of aliphatic hydroxyl groups excluding tert-OH is 1. The largest absolute Gasteiger partial charge is 0.480 e. The number of aliphatic carboxylic acids is 1. The molecule has 1 heterocycles. The summed E-state index contributed by atoms with van der Waals surface area (Å²) in [6, 6.07) is 6.37. The number of rotatable bonds is 9. The zero-order valence-corrected chi connectivity index (χ0v) is 26.8. The third-order valence-corrected chi connectivity index (χ3v) is 12.0. The first kappa shape index (κ1) is 32.2. The molecule has 11 heteroatoms. The molecule has 248 valence electrons. The zero-order chi connectivity index (χ0) is 32.9. The quantitative estimate of drug-likeness (QED) is 0.229. The zero-order valence-electron chi connectivity index (χ0n) is 26.8. The Morgan fingerprint density at radius 1 is 1.11 bits per heavy atom. The lowest BCUT2D eigenvalue weighted by Crippen LogP contribution is -2.59. The molecule has 3 fully saturated rings. The van der Waals surface area contributed by atoms with Gasteiger partial charge in [0, 0.05) is 28.9 Å². The molecule has 4 aliphatic carbocycles. The average molecular weight is 635 g/mol. The van der Waals surface area contributed by atoms with Crippen molar-refractivity contribution in [1.82, 2.24) is 15.6 Å². The van der Waals surface area contributed by atoms with E-state index in [1.807, 2.05) is 31.2 Å². The highest BCUT2D eigenvalue weighted by atomic mass is 16.6. The number of nitrogens with zero attached hydrogens (tertiary/aromatic N) is 1. The number of para-hydroxylation sites is 1. The normalized spacial score (nSPS) is 35.0. The second-order valence-corrected chi connectivity index (χ2v) is 14.6. The van der Waals surface area contributed by atoms with E-state index in [0.29, 0.717) is 24.7 Å². The Bertz CT molecular complexity index is 1580. The lowest BCUT2D eigenvalue weighted by molar-refractivity contribution is -0.164. The Kier molecular flexibility index (Phi) is 8.52.